The van der Waals surface area contributed by atoms with E-state index in [9.17, 15) is 21.6 Å². The average Bonchev–Trinajstić information content (AvgIpc) is 2.04. The van der Waals surface area contributed by atoms with Gasteiger partial charge in [0, 0.05) is 6.07 Å². The van der Waals surface area contributed by atoms with E-state index in [0.29, 0.717) is 0 Å². The summed E-state index contributed by atoms with van der Waals surface area (Å²) in [6.07, 6.45) is -4.95. The molecule has 1 aromatic rings. The van der Waals surface area contributed by atoms with Gasteiger partial charge in [0.15, 0.2) is 0 Å². The van der Waals surface area contributed by atoms with Crippen molar-refractivity contribution in [2.75, 3.05) is 0 Å². The van der Waals surface area contributed by atoms with Crippen molar-refractivity contribution in [1.29, 1.82) is 0 Å². The van der Waals surface area contributed by atoms with Gasteiger partial charge < -0.3 is 10.2 Å². The van der Waals surface area contributed by atoms with Crippen LogP contribution in [-0.2, 0) is 16.3 Å². The molecule has 3 N–H and O–H groups in total. The standard InChI is InChI=1S/C7H5F3O5S/c8-7(9,10)3-1-5(12)6(2-4(3)11)16(13,14)15/h1-2,11-12H,(H,13,14,15). The van der Waals surface area contributed by atoms with Crippen molar-refractivity contribution in [2.24, 2.45) is 0 Å². The smallest absolute Gasteiger partial charge is 0.420 e. The first kappa shape index (κ1) is 12.6. The van der Waals surface area contributed by atoms with Crippen LogP contribution in [0.2, 0.25) is 0 Å². The Morgan fingerprint density at radius 1 is 1.06 bits per heavy atom. The van der Waals surface area contributed by atoms with E-state index < -0.39 is 38.3 Å². The molecule has 0 bridgehead atoms. The average molecular weight is 258 g/mol. The zero-order valence-corrected chi connectivity index (χ0v) is 8.17. The van der Waals surface area contributed by atoms with Gasteiger partial charge in [-0.05, 0) is 6.07 Å². The summed E-state index contributed by atoms with van der Waals surface area (Å²) in [4.78, 5) is -1.20. The Bertz CT molecular complexity index is 520. The fraction of sp³-hybridized carbons (Fsp3) is 0.143. The monoisotopic (exact) mass is 258 g/mol. The van der Waals surface area contributed by atoms with Crippen molar-refractivity contribution >= 4 is 10.1 Å². The molecule has 0 saturated carbocycles. The molecule has 0 aromatic heterocycles. The number of benzene rings is 1. The third-order valence-electron chi connectivity index (χ3n) is 1.66. The Labute approximate surface area is 87.5 Å². The van der Waals surface area contributed by atoms with Crippen molar-refractivity contribution in [3.8, 4) is 11.5 Å². The number of aromatic hydroxyl groups is 2. The van der Waals surface area contributed by atoms with Gasteiger partial charge in [0.2, 0.25) is 0 Å². The molecular formula is C7H5F3O5S. The number of hydrogen-bond acceptors (Lipinski definition) is 4. The minimum absolute atomic E-state index is 0.0123. The summed E-state index contributed by atoms with van der Waals surface area (Å²) < 4.78 is 66.2. The Morgan fingerprint density at radius 2 is 1.56 bits per heavy atom. The minimum Gasteiger partial charge on any atom is -0.507 e. The molecule has 0 spiro atoms. The van der Waals surface area contributed by atoms with Crippen molar-refractivity contribution in [3.05, 3.63) is 17.7 Å². The van der Waals surface area contributed by atoms with Gasteiger partial charge in [-0.3, -0.25) is 4.55 Å². The van der Waals surface area contributed by atoms with Crippen LogP contribution in [0.15, 0.2) is 17.0 Å². The highest BCUT2D eigenvalue weighted by Gasteiger charge is 2.35. The normalized spacial score (nSPS) is 12.8. The highest BCUT2D eigenvalue weighted by atomic mass is 32.2. The summed E-state index contributed by atoms with van der Waals surface area (Å²) in [5.74, 6) is -2.70. The first-order valence-corrected chi connectivity index (χ1v) is 5.08. The second kappa shape index (κ2) is 3.52. The van der Waals surface area contributed by atoms with Crippen molar-refractivity contribution in [3.63, 3.8) is 0 Å². The first-order valence-electron chi connectivity index (χ1n) is 3.64. The van der Waals surface area contributed by atoms with Gasteiger partial charge in [-0.25, -0.2) is 0 Å². The van der Waals surface area contributed by atoms with Crippen molar-refractivity contribution in [2.45, 2.75) is 11.1 Å². The maximum atomic E-state index is 12.2. The van der Waals surface area contributed by atoms with Crippen LogP contribution in [0.25, 0.3) is 0 Å². The van der Waals surface area contributed by atoms with E-state index in [0.717, 1.165) is 0 Å². The van der Waals surface area contributed by atoms with E-state index in [1.807, 2.05) is 0 Å². The molecule has 0 heterocycles. The molecule has 0 fully saturated rings. The van der Waals surface area contributed by atoms with Gasteiger partial charge in [0.05, 0.1) is 0 Å². The van der Waals surface area contributed by atoms with E-state index in [1.165, 1.54) is 0 Å². The molecule has 16 heavy (non-hydrogen) atoms. The number of hydrogen-bond donors (Lipinski definition) is 3. The van der Waals surface area contributed by atoms with Crippen LogP contribution in [0.1, 0.15) is 5.56 Å². The molecule has 0 aliphatic rings. The van der Waals surface area contributed by atoms with Crippen LogP contribution in [0.3, 0.4) is 0 Å². The van der Waals surface area contributed by atoms with Crippen LogP contribution in [0.4, 0.5) is 13.2 Å². The molecule has 0 aliphatic carbocycles. The summed E-state index contributed by atoms with van der Waals surface area (Å²) in [5, 5.41) is 17.9. The lowest BCUT2D eigenvalue weighted by molar-refractivity contribution is -0.138. The maximum Gasteiger partial charge on any atom is 0.420 e. The predicted molar refractivity (Wildman–Crippen MR) is 44.6 cm³/mol. The summed E-state index contributed by atoms with van der Waals surface area (Å²) in [6, 6.07) is 0.131. The van der Waals surface area contributed by atoms with Gasteiger partial charge >= 0.3 is 6.18 Å². The quantitative estimate of drug-likeness (QED) is 0.522. The molecule has 1 aromatic carbocycles. The highest BCUT2D eigenvalue weighted by Crippen LogP contribution is 2.40. The summed E-state index contributed by atoms with van der Waals surface area (Å²) in [7, 11) is -4.90. The molecule has 1 rings (SSSR count). The van der Waals surface area contributed by atoms with E-state index in [1.54, 1.807) is 0 Å². The molecule has 0 unspecified atom stereocenters. The molecule has 0 saturated heterocycles. The van der Waals surface area contributed by atoms with E-state index >= 15 is 0 Å². The molecule has 90 valence electrons. The topological polar surface area (TPSA) is 94.8 Å². The van der Waals surface area contributed by atoms with Crippen LogP contribution in [0.5, 0.6) is 11.5 Å². The predicted octanol–water partition coefficient (Wildman–Crippen LogP) is 1.36. The lowest BCUT2D eigenvalue weighted by atomic mass is 10.2. The largest absolute Gasteiger partial charge is 0.507 e. The Morgan fingerprint density at radius 3 is 1.94 bits per heavy atom. The Balaban J connectivity index is 3.52. The minimum atomic E-state index is -4.95. The zero-order chi connectivity index (χ0) is 12.7. The van der Waals surface area contributed by atoms with E-state index in [2.05, 4.69) is 0 Å². The fourth-order valence-corrected chi connectivity index (χ4v) is 1.58. The SMILES string of the molecule is O=S(=O)(O)c1cc(O)c(C(F)(F)F)cc1O. The summed E-state index contributed by atoms with van der Waals surface area (Å²) in [5.41, 5.74) is -1.60. The Hall–Kier alpha value is -1.48. The van der Waals surface area contributed by atoms with Gasteiger partial charge in [0.25, 0.3) is 10.1 Å². The first-order chi connectivity index (χ1) is 7.03. The van der Waals surface area contributed by atoms with Gasteiger partial charge in [0.1, 0.15) is 22.0 Å². The summed E-state index contributed by atoms with van der Waals surface area (Å²) >= 11 is 0. The molecule has 5 nitrogen and oxygen atoms in total. The Kier molecular flexibility index (Phi) is 2.77. The van der Waals surface area contributed by atoms with Gasteiger partial charge in [-0.1, -0.05) is 0 Å². The number of alkyl halides is 3. The lowest BCUT2D eigenvalue weighted by Crippen LogP contribution is -2.07. The fourth-order valence-electron chi connectivity index (χ4n) is 0.991. The second-order valence-corrected chi connectivity index (χ2v) is 4.20. The van der Waals surface area contributed by atoms with Crippen LogP contribution in [-0.4, -0.2) is 23.2 Å². The van der Waals surface area contributed by atoms with Gasteiger partial charge in [-0.15, -0.1) is 0 Å². The summed E-state index contributed by atoms with van der Waals surface area (Å²) in [6.45, 7) is 0. The number of phenolic OH excluding ortho intramolecular Hbond substituents is 2. The van der Waals surface area contributed by atoms with Crippen molar-refractivity contribution < 1.29 is 36.4 Å². The van der Waals surface area contributed by atoms with Gasteiger partial charge in [-0.2, -0.15) is 21.6 Å². The third kappa shape index (κ3) is 2.36. The van der Waals surface area contributed by atoms with Crippen molar-refractivity contribution in [1.82, 2.24) is 0 Å². The second-order valence-electron chi connectivity index (χ2n) is 2.81. The third-order valence-corrected chi connectivity index (χ3v) is 2.54. The molecule has 9 heteroatoms. The van der Waals surface area contributed by atoms with Crippen LogP contribution >= 0.6 is 0 Å². The van der Waals surface area contributed by atoms with Crippen LogP contribution in [0, 0.1) is 0 Å². The molecular weight excluding hydrogens is 253 g/mol. The number of rotatable bonds is 1. The molecule has 0 atom stereocenters. The number of phenols is 2. The maximum absolute atomic E-state index is 12.2. The highest BCUT2D eigenvalue weighted by molar-refractivity contribution is 7.86. The zero-order valence-electron chi connectivity index (χ0n) is 7.35. The molecule has 0 radical (unpaired) electrons. The van der Waals surface area contributed by atoms with E-state index in [4.69, 9.17) is 14.8 Å². The number of halogens is 3. The molecule has 0 aliphatic heterocycles. The lowest BCUT2D eigenvalue weighted by Gasteiger charge is -2.10. The molecule has 0 amide bonds. The van der Waals surface area contributed by atoms with E-state index in [-0.39, 0.29) is 12.1 Å². The van der Waals surface area contributed by atoms with Crippen LogP contribution < -0.4 is 0 Å².